The van der Waals surface area contributed by atoms with Crippen LogP contribution >= 0.6 is 0 Å². The van der Waals surface area contributed by atoms with Crippen LogP contribution in [-0.2, 0) is 5.41 Å². The molecule has 0 spiro atoms. The quantitative estimate of drug-likeness (QED) is 0.115. The second-order valence-electron chi connectivity index (χ2n) is 26.0. The van der Waals surface area contributed by atoms with Gasteiger partial charge in [-0.1, -0.05) is 275 Å². The summed E-state index contributed by atoms with van der Waals surface area (Å²) in [7, 11) is 0. The summed E-state index contributed by atoms with van der Waals surface area (Å²) in [5, 5.41) is 4.32. The Bertz CT molecular complexity index is 5790. The highest BCUT2D eigenvalue weighted by Crippen LogP contribution is 2.52. The third kappa shape index (κ3) is 10.2. The first-order valence-corrected chi connectivity index (χ1v) is 33.3. The van der Waals surface area contributed by atoms with Gasteiger partial charge in [-0.25, -0.2) is 0 Å². The summed E-state index contributed by atoms with van der Waals surface area (Å²) in [5.74, 6) is 0. The molecule has 1 aliphatic rings. The molecule has 2 heterocycles. The Morgan fingerprint density at radius 1 is 0.206 bits per heavy atom. The molecule has 0 N–H and O–H groups in total. The lowest BCUT2D eigenvalue weighted by Gasteiger charge is -2.29. The fraction of sp³-hybridized carbons (Fsp3) is 0.0323. The lowest BCUT2D eigenvalue weighted by Crippen LogP contribution is -2.16. The van der Waals surface area contributed by atoms with Gasteiger partial charge in [-0.05, 0) is 180 Å². The highest BCUT2D eigenvalue weighted by atomic mass is 16.3. The first-order valence-electron chi connectivity index (χ1n) is 33.3. The molecule has 97 heavy (non-hydrogen) atoms. The molecular formula is C93H64N2O2. The predicted octanol–water partition coefficient (Wildman–Crippen LogP) is 26.4. The predicted molar refractivity (Wildman–Crippen MR) is 406 cm³/mol. The summed E-state index contributed by atoms with van der Waals surface area (Å²) >= 11 is 0. The SMILES string of the molecule is CC1(C)c2ccccc2-c2ccc(N(c3ccc(-c4ccccc4)cc3)c3cc(-c4ccc(-c5cccc(-c6ccc(-c7ccc(N(c8ccccc8)c8cc(-c9ccc(-c%10ccccc%10)cc9)c9oc%10ccccc%10c9c8)cc7)cc6)c5)cc4)c4oc5ccccc5c4c3)cc21. The van der Waals surface area contributed by atoms with Gasteiger partial charge < -0.3 is 18.6 Å². The molecular weight excluding hydrogens is 1180 g/mol. The highest BCUT2D eigenvalue weighted by Gasteiger charge is 2.36. The molecule has 0 aliphatic heterocycles. The maximum atomic E-state index is 6.86. The molecule has 4 nitrogen and oxygen atoms in total. The molecule has 17 aromatic rings. The largest absolute Gasteiger partial charge is 0.455 e. The van der Waals surface area contributed by atoms with E-state index in [1.807, 2.05) is 6.07 Å². The average molecular weight is 1240 g/mol. The molecule has 15 aromatic carbocycles. The lowest BCUT2D eigenvalue weighted by atomic mass is 9.82. The molecule has 2 aromatic heterocycles. The van der Waals surface area contributed by atoms with Crippen molar-refractivity contribution in [2.24, 2.45) is 0 Å². The van der Waals surface area contributed by atoms with Crippen LogP contribution in [0.15, 0.2) is 361 Å². The van der Waals surface area contributed by atoms with E-state index in [0.29, 0.717) is 0 Å². The Hall–Kier alpha value is -12.5. The maximum Gasteiger partial charge on any atom is 0.143 e. The van der Waals surface area contributed by atoms with E-state index in [9.17, 15) is 0 Å². The van der Waals surface area contributed by atoms with Gasteiger partial charge in [0, 0.05) is 72.2 Å². The minimum Gasteiger partial charge on any atom is -0.455 e. The van der Waals surface area contributed by atoms with Gasteiger partial charge in [0.25, 0.3) is 0 Å². The van der Waals surface area contributed by atoms with E-state index in [1.165, 1.54) is 44.5 Å². The molecule has 0 saturated heterocycles. The zero-order valence-corrected chi connectivity index (χ0v) is 53.7. The molecule has 0 radical (unpaired) electrons. The van der Waals surface area contributed by atoms with E-state index >= 15 is 0 Å². The first kappa shape index (κ1) is 57.2. The third-order valence-corrected chi connectivity index (χ3v) is 19.9. The Labute approximate surface area is 564 Å². The smallest absolute Gasteiger partial charge is 0.143 e. The second-order valence-corrected chi connectivity index (χ2v) is 26.0. The Morgan fingerprint density at radius 2 is 0.546 bits per heavy atom. The number of hydrogen-bond donors (Lipinski definition) is 0. The van der Waals surface area contributed by atoms with Crippen LogP contribution in [-0.4, -0.2) is 0 Å². The third-order valence-electron chi connectivity index (χ3n) is 19.9. The zero-order valence-electron chi connectivity index (χ0n) is 53.7. The number of para-hydroxylation sites is 3. The van der Waals surface area contributed by atoms with Gasteiger partial charge >= 0.3 is 0 Å². The lowest BCUT2D eigenvalue weighted by molar-refractivity contribution is 0.660. The fourth-order valence-corrected chi connectivity index (χ4v) is 14.9. The van der Waals surface area contributed by atoms with Crippen molar-refractivity contribution in [3.8, 4) is 89.0 Å². The van der Waals surface area contributed by atoms with Crippen molar-refractivity contribution in [3.63, 3.8) is 0 Å². The van der Waals surface area contributed by atoms with Crippen molar-refractivity contribution < 1.29 is 8.83 Å². The summed E-state index contributed by atoms with van der Waals surface area (Å²) in [4.78, 5) is 4.78. The molecule has 18 rings (SSSR count). The number of furan rings is 2. The van der Waals surface area contributed by atoms with Gasteiger partial charge in [0.2, 0.25) is 0 Å². The molecule has 0 bridgehead atoms. The van der Waals surface area contributed by atoms with E-state index in [4.69, 9.17) is 8.83 Å². The average Bonchev–Trinajstić information content (AvgIpc) is 1.62. The second kappa shape index (κ2) is 23.5. The van der Waals surface area contributed by atoms with Crippen molar-refractivity contribution in [1.82, 2.24) is 0 Å². The van der Waals surface area contributed by atoms with Gasteiger partial charge in [0.1, 0.15) is 22.3 Å². The van der Waals surface area contributed by atoms with Gasteiger partial charge in [0.15, 0.2) is 0 Å². The Balaban J connectivity index is 0.654. The standard InChI is InChI=1S/C93H64N2O2/c1-93(2)87-30-15-12-27-79(87)80-54-53-76(60-88(80)93)95(75-51-45-65(46-52-75)62-21-8-4-9-22-62)78-57-84(92-86(59-78)82-29-14-17-32-90(82)97-92)70-43-39-68(40-44-70)72-24-18-23-71(55-72)67-35-33-64(34-36-67)66-47-49-74(50-48-66)94(73-25-10-5-11-26-73)77-56-83(91-85(58-77)81-28-13-16-31-89(81)96-91)69-41-37-63(38-42-69)61-19-6-3-7-20-61/h3-60H,1-2H3. The highest BCUT2D eigenvalue weighted by molar-refractivity contribution is 6.13. The van der Waals surface area contributed by atoms with Gasteiger partial charge in [0.05, 0.1) is 0 Å². The van der Waals surface area contributed by atoms with E-state index in [-0.39, 0.29) is 5.41 Å². The topological polar surface area (TPSA) is 32.8 Å². The van der Waals surface area contributed by atoms with Crippen molar-refractivity contribution in [1.29, 1.82) is 0 Å². The van der Waals surface area contributed by atoms with Crippen molar-refractivity contribution in [2.45, 2.75) is 19.3 Å². The van der Waals surface area contributed by atoms with Crippen LogP contribution in [0.4, 0.5) is 34.1 Å². The molecule has 0 fully saturated rings. The fourth-order valence-electron chi connectivity index (χ4n) is 14.9. The van der Waals surface area contributed by atoms with Crippen molar-refractivity contribution >= 4 is 78.0 Å². The number of benzene rings is 15. The molecule has 1 aliphatic carbocycles. The first-order chi connectivity index (χ1) is 47.8. The molecule has 458 valence electrons. The van der Waals surface area contributed by atoms with Crippen LogP contribution in [0.2, 0.25) is 0 Å². The number of hydrogen-bond acceptors (Lipinski definition) is 4. The van der Waals surface area contributed by atoms with Gasteiger partial charge in [-0.3, -0.25) is 0 Å². The summed E-state index contributed by atoms with van der Waals surface area (Å²) < 4.78 is 13.6. The van der Waals surface area contributed by atoms with E-state index in [1.54, 1.807) is 0 Å². The molecule has 0 atom stereocenters. The maximum absolute atomic E-state index is 6.86. The van der Waals surface area contributed by atoms with E-state index in [0.717, 1.165) is 134 Å². The molecule has 0 amide bonds. The number of anilines is 6. The normalized spacial score (nSPS) is 12.3. The number of rotatable bonds is 13. The molecule has 4 heteroatoms. The Morgan fingerprint density at radius 3 is 1.03 bits per heavy atom. The summed E-state index contributed by atoms with van der Waals surface area (Å²) in [5.41, 5.74) is 30.8. The van der Waals surface area contributed by atoms with Gasteiger partial charge in [-0.2, -0.15) is 0 Å². The van der Waals surface area contributed by atoms with Crippen LogP contribution < -0.4 is 9.80 Å². The van der Waals surface area contributed by atoms with Crippen LogP contribution in [0.1, 0.15) is 25.0 Å². The summed E-state index contributed by atoms with van der Waals surface area (Å²) in [6, 6.07) is 127. The monoisotopic (exact) mass is 1240 g/mol. The zero-order chi connectivity index (χ0) is 64.6. The minimum absolute atomic E-state index is 0.170. The van der Waals surface area contributed by atoms with Gasteiger partial charge in [-0.15, -0.1) is 0 Å². The van der Waals surface area contributed by atoms with Crippen LogP contribution in [0, 0.1) is 0 Å². The van der Waals surface area contributed by atoms with E-state index < -0.39 is 0 Å². The molecule has 0 unspecified atom stereocenters. The van der Waals surface area contributed by atoms with E-state index in [2.05, 4.69) is 369 Å². The van der Waals surface area contributed by atoms with Crippen molar-refractivity contribution in [2.75, 3.05) is 9.80 Å². The van der Waals surface area contributed by atoms with Crippen LogP contribution in [0.5, 0.6) is 0 Å². The van der Waals surface area contributed by atoms with Crippen molar-refractivity contribution in [3.05, 3.63) is 363 Å². The summed E-state index contributed by atoms with van der Waals surface area (Å²) in [6.45, 7) is 4.71. The minimum atomic E-state index is -0.170. The summed E-state index contributed by atoms with van der Waals surface area (Å²) in [6.07, 6.45) is 0. The number of fused-ring (bicyclic) bond motifs is 9. The Kier molecular flexibility index (Phi) is 13.9. The molecule has 0 saturated carbocycles. The number of nitrogens with zero attached hydrogens (tertiary/aromatic N) is 2. The van der Waals surface area contributed by atoms with Crippen LogP contribution in [0.3, 0.4) is 0 Å². The van der Waals surface area contributed by atoms with Crippen LogP contribution in [0.25, 0.3) is 133 Å².